The van der Waals surface area contributed by atoms with E-state index in [2.05, 4.69) is 15.6 Å². The van der Waals surface area contributed by atoms with Crippen LogP contribution in [-0.2, 0) is 25.3 Å². The van der Waals surface area contributed by atoms with Gasteiger partial charge in [-0.2, -0.15) is 0 Å². The van der Waals surface area contributed by atoms with Gasteiger partial charge in [-0.25, -0.2) is 9.37 Å². The largest absolute Gasteiger partial charge is 0.492 e. The van der Waals surface area contributed by atoms with E-state index in [4.69, 9.17) is 15.2 Å². The second kappa shape index (κ2) is 8.09. The van der Waals surface area contributed by atoms with Gasteiger partial charge in [0.1, 0.15) is 46.7 Å². The fraction of sp³-hybridized carbons (Fsp3) is 0.320. The fourth-order valence-corrected chi connectivity index (χ4v) is 4.33. The van der Waals surface area contributed by atoms with Gasteiger partial charge in [-0.15, -0.1) is 0 Å². The van der Waals surface area contributed by atoms with Crippen molar-refractivity contribution in [2.75, 3.05) is 13.2 Å². The Kier molecular flexibility index (Phi) is 5.28. The molecule has 3 aliphatic heterocycles. The van der Waals surface area contributed by atoms with E-state index in [0.29, 0.717) is 28.3 Å². The Morgan fingerprint density at radius 3 is 2.80 bits per heavy atom. The number of aliphatic hydroxyl groups is 1. The lowest BCUT2D eigenvalue weighted by molar-refractivity contribution is -0.123. The third kappa shape index (κ3) is 3.89. The van der Waals surface area contributed by atoms with Crippen molar-refractivity contribution in [2.45, 2.75) is 37.0 Å². The van der Waals surface area contributed by atoms with Crippen molar-refractivity contribution in [1.82, 2.24) is 15.6 Å². The quantitative estimate of drug-likeness (QED) is 0.486. The SMILES string of the molecule is C[C@](O)(CNC(=O)C1=CC2OC=CC2N1)c1cc2c(c(-c3ccc(F)cc3)n1)OC[C@]2(C)C(N)=O. The van der Waals surface area contributed by atoms with Crippen LogP contribution >= 0.6 is 0 Å². The van der Waals surface area contributed by atoms with Gasteiger partial charge in [-0.05, 0) is 56.3 Å². The molecule has 35 heavy (non-hydrogen) atoms. The summed E-state index contributed by atoms with van der Waals surface area (Å²) < 4.78 is 24.7. The number of hydrogen-bond acceptors (Lipinski definition) is 7. The number of nitrogens with one attached hydrogen (secondary N) is 2. The predicted octanol–water partition coefficient (Wildman–Crippen LogP) is 1.11. The molecule has 2 amide bonds. The maximum Gasteiger partial charge on any atom is 0.267 e. The molecule has 0 bridgehead atoms. The first-order valence-corrected chi connectivity index (χ1v) is 11.1. The summed E-state index contributed by atoms with van der Waals surface area (Å²) in [6.45, 7) is 3.00. The van der Waals surface area contributed by atoms with E-state index in [1.807, 2.05) is 6.08 Å². The van der Waals surface area contributed by atoms with Gasteiger partial charge in [0.05, 0.1) is 24.5 Å². The summed E-state index contributed by atoms with van der Waals surface area (Å²) in [5.74, 6) is -1.06. The lowest BCUT2D eigenvalue weighted by Gasteiger charge is -2.26. The number of primary amides is 1. The van der Waals surface area contributed by atoms with Crippen LogP contribution in [0.15, 0.2) is 54.4 Å². The third-order valence-electron chi connectivity index (χ3n) is 6.65. The molecule has 5 N–H and O–H groups in total. The molecule has 1 aromatic heterocycles. The number of benzene rings is 1. The molecule has 0 saturated heterocycles. The molecule has 0 radical (unpaired) electrons. The summed E-state index contributed by atoms with van der Waals surface area (Å²) in [5, 5.41) is 17.1. The number of halogens is 1. The molecule has 5 rings (SSSR count). The normalized spacial score (nSPS) is 25.4. The molecule has 3 aliphatic rings. The predicted molar refractivity (Wildman–Crippen MR) is 123 cm³/mol. The standard InChI is InChI=1S/C25H25FN4O5/c1-24(23(27)32)12-35-21-15(24)9-19(30-20(21)13-3-5-14(26)6-4-13)25(2,33)11-28-22(31)17-10-18-16(29-17)7-8-34-18/h3-10,16,18,29,33H,11-12H2,1-2H3,(H2,27,32)(H,28,31)/t16?,18?,24-,25-/m0/s1. The second-order valence-corrected chi connectivity index (χ2v) is 9.36. The smallest absolute Gasteiger partial charge is 0.267 e. The number of aromatic nitrogens is 1. The molecular weight excluding hydrogens is 455 g/mol. The van der Waals surface area contributed by atoms with Crippen molar-refractivity contribution in [3.05, 3.63) is 71.5 Å². The summed E-state index contributed by atoms with van der Waals surface area (Å²) >= 11 is 0. The van der Waals surface area contributed by atoms with E-state index < -0.39 is 28.6 Å². The summed E-state index contributed by atoms with van der Waals surface area (Å²) in [5.41, 5.74) is 4.82. The number of nitrogens with zero attached hydrogens (tertiary/aromatic N) is 1. The maximum absolute atomic E-state index is 13.5. The first-order valence-electron chi connectivity index (χ1n) is 11.1. The van der Waals surface area contributed by atoms with Gasteiger partial charge in [0.25, 0.3) is 5.91 Å². The van der Waals surface area contributed by atoms with Crippen LogP contribution in [0.4, 0.5) is 4.39 Å². The van der Waals surface area contributed by atoms with Crippen LogP contribution in [0.25, 0.3) is 11.3 Å². The third-order valence-corrected chi connectivity index (χ3v) is 6.65. The molecule has 4 heterocycles. The Morgan fingerprint density at radius 1 is 1.37 bits per heavy atom. The molecule has 0 fully saturated rings. The first-order chi connectivity index (χ1) is 16.6. The minimum atomic E-state index is -1.62. The minimum Gasteiger partial charge on any atom is -0.492 e. The maximum atomic E-state index is 13.5. The zero-order valence-corrected chi connectivity index (χ0v) is 19.2. The molecule has 10 heteroatoms. The van der Waals surface area contributed by atoms with Crippen molar-refractivity contribution in [3.8, 4) is 17.0 Å². The van der Waals surface area contributed by atoms with Crippen molar-refractivity contribution in [2.24, 2.45) is 5.73 Å². The van der Waals surface area contributed by atoms with Gasteiger partial charge in [0, 0.05) is 11.1 Å². The highest BCUT2D eigenvalue weighted by Gasteiger charge is 2.45. The molecule has 9 nitrogen and oxygen atoms in total. The van der Waals surface area contributed by atoms with E-state index in [-0.39, 0.29) is 31.0 Å². The number of hydrogen-bond donors (Lipinski definition) is 4. The van der Waals surface area contributed by atoms with Gasteiger partial charge in [-0.3, -0.25) is 9.59 Å². The summed E-state index contributed by atoms with van der Waals surface area (Å²) in [4.78, 5) is 29.6. The van der Waals surface area contributed by atoms with Crippen LogP contribution in [0, 0.1) is 5.82 Å². The number of carbonyl (C=O) groups is 2. The van der Waals surface area contributed by atoms with E-state index >= 15 is 0 Å². The van der Waals surface area contributed by atoms with Crippen molar-refractivity contribution in [1.29, 1.82) is 0 Å². The average Bonchev–Trinajstić information content (AvgIpc) is 3.52. The number of ether oxygens (including phenoxy) is 2. The highest BCUT2D eigenvalue weighted by atomic mass is 19.1. The van der Waals surface area contributed by atoms with Crippen LogP contribution in [0.2, 0.25) is 0 Å². The Hall–Kier alpha value is -3.92. The second-order valence-electron chi connectivity index (χ2n) is 9.36. The zero-order chi connectivity index (χ0) is 25.0. The monoisotopic (exact) mass is 480 g/mol. The number of amides is 2. The van der Waals surface area contributed by atoms with E-state index in [0.717, 1.165) is 0 Å². The zero-order valence-electron chi connectivity index (χ0n) is 19.2. The summed E-state index contributed by atoms with van der Waals surface area (Å²) in [6.07, 6.45) is 4.85. The van der Waals surface area contributed by atoms with Crippen LogP contribution in [0.5, 0.6) is 5.75 Å². The molecule has 0 spiro atoms. The van der Waals surface area contributed by atoms with E-state index in [1.54, 1.807) is 25.3 Å². The van der Waals surface area contributed by atoms with Gasteiger partial charge in [0.2, 0.25) is 5.91 Å². The van der Waals surface area contributed by atoms with Crippen molar-refractivity contribution in [3.63, 3.8) is 0 Å². The number of pyridine rings is 1. The van der Waals surface area contributed by atoms with Crippen LogP contribution in [0.1, 0.15) is 25.1 Å². The molecule has 4 atom stereocenters. The van der Waals surface area contributed by atoms with Crippen LogP contribution in [-0.4, -0.2) is 47.2 Å². The van der Waals surface area contributed by atoms with E-state index in [9.17, 15) is 19.1 Å². The Bertz CT molecular complexity index is 1270. The van der Waals surface area contributed by atoms with Crippen molar-refractivity contribution >= 4 is 11.8 Å². The molecule has 2 unspecified atom stereocenters. The Balaban J connectivity index is 1.46. The number of carbonyl (C=O) groups excluding carboxylic acids is 2. The highest BCUT2D eigenvalue weighted by Crippen LogP contribution is 2.45. The first kappa shape index (κ1) is 22.9. The van der Waals surface area contributed by atoms with Gasteiger partial charge in [0.15, 0.2) is 0 Å². The molecule has 2 aromatic rings. The summed E-state index contributed by atoms with van der Waals surface area (Å²) in [7, 11) is 0. The van der Waals surface area contributed by atoms with Gasteiger partial charge in [-0.1, -0.05) is 0 Å². The summed E-state index contributed by atoms with van der Waals surface area (Å²) in [6, 6.07) is 7.11. The fourth-order valence-electron chi connectivity index (χ4n) is 4.33. The highest BCUT2D eigenvalue weighted by molar-refractivity contribution is 5.93. The molecule has 182 valence electrons. The average molecular weight is 480 g/mol. The molecule has 0 aliphatic carbocycles. The topological polar surface area (TPSA) is 136 Å². The lowest BCUT2D eigenvalue weighted by Crippen LogP contribution is -2.42. The van der Waals surface area contributed by atoms with Gasteiger partial charge >= 0.3 is 0 Å². The van der Waals surface area contributed by atoms with Gasteiger partial charge < -0.3 is 30.9 Å². The minimum absolute atomic E-state index is 0.00848. The molecule has 1 aromatic carbocycles. The Morgan fingerprint density at radius 2 is 2.11 bits per heavy atom. The van der Waals surface area contributed by atoms with E-state index in [1.165, 1.54) is 31.2 Å². The molecular formula is C25H25FN4O5. The van der Waals surface area contributed by atoms with Crippen LogP contribution < -0.4 is 21.1 Å². The number of rotatable bonds is 6. The molecule has 0 saturated carbocycles. The van der Waals surface area contributed by atoms with Crippen molar-refractivity contribution < 1.29 is 28.6 Å². The number of nitrogens with two attached hydrogens (primary N) is 1. The lowest BCUT2D eigenvalue weighted by atomic mass is 9.82. The Labute approximate surface area is 200 Å². The number of fused-ring (bicyclic) bond motifs is 2. The van der Waals surface area contributed by atoms with Crippen LogP contribution in [0.3, 0.4) is 0 Å².